The predicted octanol–water partition coefficient (Wildman–Crippen LogP) is 2.64. The minimum Gasteiger partial charge on any atom is -0.343 e. The molecule has 1 unspecified atom stereocenters. The predicted molar refractivity (Wildman–Crippen MR) is 73.8 cm³/mol. The summed E-state index contributed by atoms with van der Waals surface area (Å²) in [5.74, 6) is 1.49. The summed E-state index contributed by atoms with van der Waals surface area (Å²) in [6.45, 7) is 12.4. The highest BCUT2D eigenvalue weighted by Crippen LogP contribution is 2.08. The normalized spacial score (nSPS) is 13.2. The molecule has 3 heteroatoms. The number of rotatable bonds is 8. The molecule has 0 aromatic rings. The lowest BCUT2D eigenvalue weighted by molar-refractivity contribution is -0.131. The van der Waals surface area contributed by atoms with Crippen LogP contribution in [0.5, 0.6) is 0 Å². The molecule has 0 spiro atoms. The third-order valence-electron chi connectivity index (χ3n) is 2.80. The van der Waals surface area contributed by atoms with Gasteiger partial charge in [0, 0.05) is 25.6 Å². The van der Waals surface area contributed by atoms with Crippen molar-refractivity contribution in [3.8, 4) is 0 Å². The van der Waals surface area contributed by atoms with Crippen LogP contribution in [0.3, 0.4) is 0 Å². The van der Waals surface area contributed by atoms with E-state index in [9.17, 15) is 4.79 Å². The van der Waals surface area contributed by atoms with Crippen LogP contribution in [0.25, 0.3) is 0 Å². The van der Waals surface area contributed by atoms with E-state index in [1.54, 1.807) is 0 Å². The van der Waals surface area contributed by atoms with Crippen molar-refractivity contribution < 1.29 is 4.79 Å². The average molecular weight is 242 g/mol. The highest BCUT2D eigenvalue weighted by molar-refractivity contribution is 5.76. The fourth-order valence-corrected chi connectivity index (χ4v) is 1.59. The molecule has 0 heterocycles. The summed E-state index contributed by atoms with van der Waals surface area (Å²) >= 11 is 0. The first-order valence-corrected chi connectivity index (χ1v) is 6.86. The largest absolute Gasteiger partial charge is 0.343 e. The van der Waals surface area contributed by atoms with Gasteiger partial charge in [-0.25, -0.2) is 0 Å². The van der Waals surface area contributed by atoms with Gasteiger partial charge < -0.3 is 10.6 Å². The van der Waals surface area contributed by atoms with Crippen molar-refractivity contribution in [2.45, 2.75) is 59.9 Å². The third kappa shape index (κ3) is 9.16. The molecule has 0 aliphatic carbocycles. The lowest BCUT2D eigenvalue weighted by atomic mass is 10.1. The molecule has 0 aromatic carbocycles. The van der Waals surface area contributed by atoms with E-state index in [1.165, 1.54) is 0 Å². The number of hydrogen-bond donors (Lipinski definition) is 1. The molecular weight excluding hydrogens is 212 g/mol. The van der Waals surface area contributed by atoms with E-state index in [4.69, 9.17) is 5.73 Å². The van der Waals surface area contributed by atoms with Gasteiger partial charge in [0.05, 0.1) is 0 Å². The van der Waals surface area contributed by atoms with Crippen LogP contribution in [0.4, 0.5) is 0 Å². The summed E-state index contributed by atoms with van der Waals surface area (Å²) in [6, 6.07) is -0.0388. The first-order chi connectivity index (χ1) is 7.82. The molecule has 1 atom stereocenters. The van der Waals surface area contributed by atoms with Gasteiger partial charge in [0.25, 0.3) is 0 Å². The molecule has 0 fully saturated rings. The van der Waals surface area contributed by atoms with Gasteiger partial charge >= 0.3 is 0 Å². The smallest absolute Gasteiger partial charge is 0.224 e. The van der Waals surface area contributed by atoms with Crippen molar-refractivity contribution in [2.75, 3.05) is 13.1 Å². The van der Waals surface area contributed by atoms with Crippen LogP contribution >= 0.6 is 0 Å². The van der Waals surface area contributed by atoms with E-state index < -0.39 is 0 Å². The molecule has 0 aliphatic heterocycles. The van der Waals surface area contributed by atoms with Crippen molar-refractivity contribution in [1.82, 2.24) is 4.90 Å². The molecule has 2 N–H and O–H groups in total. The zero-order valence-corrected chi connectivity index (χ0v) is 12.2. The van der Waals surface area contributed by atoms with Crippen molar-refractivity contribution in [2.24, 2.45) is 17.6 Å². The van der Waals surface area contributed by atoms with Crippen LogP contribution in [-0.4, -0.2) is 29.9 Å². The summed E-state index contributed by atoms with van der Waals surface area (Å²) < 4.78 is 0. The van der Waals surface area contributed by atoms with Crippen LogP contribution < -0.4 is 5.73 Å². The minimum absolute atomic E-state index is 0.0388. The number of amides is 1. The quantitative estimate of drug-likeness (QED) is 0.711. The monoisotopic (exact) mass is 242 g/mol. The summed E-state index contributed by atoms with van der Waals surface area (Å²) in [5.41, 5.74) is 5.70. The molecule has 0 rings (SSSR count). The number of hydrogen-bond acceptors (Lipinski definition) is 2. The van der Waals surface area contributed by atoms with E-state index in [2.05, 4.69) is 27.7 Å². The Balaban J connectivity index is 4.22. The number of nitrogens with two attached hydrogens (primary N) is 1. The Morgan fingerprint density at radius 1 is 1.00 bits per heavy atom. The molecule has 0 bridgehead atoms. The molecule has 0 saturated carbocycles. The van der Waals surface area contributed by atoms with E-state index >= 15 is 0 Å². The summed E-state index contributed by atoms with van der Waals surface area (Å²) in [4.78, 5) is 14.0. The first-order valence-electron chi connectivity index (χ1n) is 6.86. The highest BCUT2D eigenvalue weighted by atomic mass is 16.2. The Labute approximate surface area is 107 Å². The Bertz CT molecular complexity index is 200. The van der Waals surface area contributed by atoms with Crippen LogP contribution in [0.1, 0.15) is 53.9 Å². The second kappa shape index (κ2) is 8.51. The highest BCUT2D eigenvalue weighted by Gasteiger charge is 2.15. The summed E-state index contributed by atoms with van der Waals surface area (Å²) in [5, 5.41) is 0. The molecule has 3 nitrogen and oxygen atoms in total. The van der Waals surface area contributed by atoms with E-state index in [0.29, 0.717) is 18.3 Å². The van der Waals surface area contributed by atoms with Crippen LogP contribution in [0.2, 0.25) is 0 Å². The van der Waals surface area contributed by atoms with E-state index in [0.717, 1.165) is 25.9 Å². The summed E-state index contributed by atoms with van der Waals surface area (Å²) in [6.07, 6.45) is 2.61. The average Bonchev–Trinajstić information content (AvgIpc) is 2.15. The number of carbonyl (C=O) groups is 1. The topological polar surface area (TPSA) is 46.3 Å². The minimum atomic E-state index is -0.0388. The Hall–Kier alpha value is -0.570. The third-order valence-corrected chi connectivity index (χ3v) is 2.80. The second-order valence-corrected chi connectivity index (χ2v) is 5.93. The maximum atomic E-state index is 12.0. The molecule has 0 aromatic heterocycles. The molecule has 0 radical (unpaired) electrons. The van der Waals surface area contributed by atoms with Gasteiger partial charge in [-0.3, -0.25) is 4.79 Å². The van der Waals surface area contributed by atoms with Crippen molar-refractivity contribution in [1.29, 1.82) is 0 Å². The van der Waals surface area contributed by atoms with Gasteiger partial charge in [0.2, 0.25) is 5.91 Å². The molecule has 0 saturated heterocycles. The number of nitrogens with zero attached hydrogens (tertiary/aromatic N) is 1. The second-order valence-electron chi connectivity index (χ2n) is 5.93. The van der Waals surface area contributed by atoms with Gasteiger partial charge in [-0.1, -0.05) is 27.7 Å². The van der Waals surface area contributed by atoms with E-state index in [-0.39, 0.29) is 11.9 Å². The Kier molecular flexibility index (Phi) is 8.23. The van der Waals surface area contributed by atoms with Crippen LogP contribution in [0.15, 0.2) is 0 Å². The molecule has 102 valence electrons. The fourth-order valence-electron chi connectivity index (χ4n) is 1.59. The SMILES string of the molecule is CC(C)CCN(CCC(C)C)C(=O)CC(C)N. The lowest BCUT2D eigenvalue weighted by Gasteiger charge is -2.25. The van der Waals surface area contributed by atoms with Gasteiger partial charge in [-0.2, -0.15) is 0 Å². The van der Waals surface area contributed by atoms with E-state index in [1.807, 2.05) is 11.8 Å². The van der Waals surface area contributed by atoms with Gasteiger partial charge in [0.1, 0.15) is 0 Å². The van der Waals surface area contributed by atoms with Crippen molar-refractivity contribution in [3.05, 3.63) is 0 Å². The van der Waals surface area contributed by atoms with Crippen molar-refractivity contribution >= 4 is 5.91 Å². The maximum Gasteiger partial charge on any atom is 0.224 e. The summed E-state index contributed by atoms with van der Waals surface area (Å²) in [7, 11) is 0. The zero-order valence-electron chi connectivity index (χ0n) is 12.2. The molecular formula is C14H30N2O. The fraction of sp³-hybridized carbons (Fsp3) is 0.929. The van der Waals surface area contributed by atoms with Crippen LogP contribution in [0, 0.1) is 11.8 Å². The zero-order chi connectivity index (χ0) is 13.4. The van der Waals surface area contributed by atoms with Crippen LogP contribution in [-0.2, 0) is 4.79 Å². The first kappa shape index (κ1) is 16.4. The number of carbonyl (C=O) groups excluding carboxylic acids is 1. The lowest BCUT2D eigenvalue weighted by Crippen LogP contribution is -2.37. The Morgan fingerprint density at radius 3 is 1.71 bits per heavy atom. The van der Waals surface area contributed by atoms with Gasteiger partial charge in [-0.15, -0.1) is 0 Å². The molecule has 0 aliphatic rings. The van der Waals surface area contributed by atoms with Crippen molar-refractivity contribution in [3.63, 3.8) is 0 Å². The molecule has 1 amide bonds. The standard InChI is InChI=1S/C14H30N2O/c1-11(2)6-8-16(9-7-12(3)4)14(17)10-13(5)15/h11-13H,6-10,15H2,1-5H3. The Morgan fingerprint density at radius 2 is 1.41 bits per heavy atom. The molecule has 17 heavy (non-hydrogen) atoms. The van der Waals surface area contributed by atoms with Gasteiger partial charge in [-0.05, 0) is 31.6 Å². The maximum absolute atomic E-state index is 12.0. The van der Waals surface area contributed by atoms with Gasteiger partial charge in [0.15, 0.2) is 0 Å².